The lowest BCUT2D eigenvalue weighted by molar-refractivity contribution is -0.151. The largest absolute Gasteiger partial charge is 0.487 e. The van der Waals surface area contributed by atoms with Crippen LogP contribution in [0.1, 0.15) is 38.3 Å². The Bertz CT molecular complexity index is 510. The smallest absolute Gasteiger partial charge is 0.330 e. The summed E-state index contributed by atoms with van der Waals surface area (Å²) in [7, 11) is 1.36. The average Bonchev–Trinajstić information content (AvgIpc) is 2.35. The number of rotatable bonds is 2. The summed E-state index contributed by atoms with van der Waals surface area (Å²) in [5, 5.41) is 0. The van der Waals surface area contributed by atoms with Crippen molar-refractivity contribution in [2.24, 2.45) is 5.73 Å². The zero-order valence-electron chi connectivity index (χ0n) is 11.9. The molecule has 0 saturated carbocycles. The Morgan fingerprint density at radius 3 is 2.74 bits per heavy atom. The molecule has 1 aromatic carbocycles. The monoisotopic (exact) mass is 263 g/mol. The van der Waals surface area contributed by atoms with Crippen LogP contribution in [-0.2, 0) is 21.5 Å². The quantitative estimate of drug-likeness (QED) is 0.830. The van der Waals surface area contributed by atoms with Gasteiger partial charge < -0.3 is 15.2 Å². The Balaban J connectivity index is 2.58. The molecule has 1 aliphatic rings. The number of nitrogens with two attached hydrogens (primary N) is 1. The van der Waals surface area contributed by atoms with Gasteiger partial charge >= 0.3 is 5.97 Å². The van der Waals surface area contributed by atoms with Crippen molar-refractivity contribution >= 4 is 5.97 Å². The van der Waals surface area contributed by atoms with Crippen molar-refractivity contribution in [3.05, 3.63) is 29.3 Å². The van der Waals surface area contributed by atoms with Gasteiger partial charge in [-0.05, 0) is 31.9 Å². The predicted molar refractivity (Wildman–Crippen MR) is 73.0 cm³/mol. The third-order valence-electron chi connectivity index (χ3n) is 3.58. The van der Waals surface area contributed by atoms with E-state index in [2.05, 4.69) is 6.92 Å². The third kappa shape index (κ3) is 2.32. The lowest BCUT2D eigenvalue weighted by Crippen LogP contribution is -2.54. The highest BCUT2D eigenvalue weighted by molar-refractivity contribution is 5.84. The number of aryl methyl sites for hydroxylation is 1. The fourth-order valence-electron chi connectivity index (χ4n) is 2.70. The number of benzene rings is 1. The fourth-order valence-corrected chi connectivity index (χ4v) is 2.70. The second kappa shape index (κ2) is 4.53. The summed E-state index contributed by atoms with van der Waals surface area (Å²) in [6.45, 7) is 5.93. The molecule has 4 heteroatoms. The zero-order chi connectivity index (χ0) is 14.3. The van der Waals surface area contributed by atoms with Crippen LogP contribution in [0, 0.1) is 0 Å². The minimum absolute atomic E-state index is 0.394. The molecule has 1 aliphatic heterocycles. The Hall–Kier alpha value is -1.55. The number of methoxy groups -OCH3 is 1. The lowest BCUT2D eigenvalue weighted by Gasteiger charge is -2.42. The molecule has 1 aromatic rings. The van der Waals surface area contributed by atoms with Gasteiger partial charge in [-0.2, -0.15) is 0 Å². The molecule has 1 heterocycles. The van der Waals surface area contributed by atoms with Gasteiger partial charge in [0.25, 0.3) is 0 Å². The Kier molecular flexibility index (Phi) is 3.31. The van der Waals surface area contributed by atoms with Gasteiger partial charge in [0.1, 0.15) is 16.9 Å². The molecule has 2 rings (SSSR count). The molecule has 0 amide bonds. The van der Waals surface area contributed by atoms with Gasteiger partial charge in [0.05, 0.1) is 7.11 Å². The maximum Gasteiger partial charge on any atom is 0.330 e. The average molecular weight is 263 g/mol. The molecule has 0 bridgehead atoms. The molecule has 4 nitrogen and oxygen atoms in total. The van der Waals surface area contributed by atoms with Crippen molar-refractivity contribution in [3.8, 4) is 5.75 Å². The number of hydrogen-bond acceptors (Lipinski definition) is 4. The molecular weight excluding hydrogens is 242 g/mol. The number of esters is 1. The topological polar surface area (TPSA) is 61.5 Å². The molecule has 0 fully saturated rings. The van der Waals surface area contributed by atoms with Gasteiger partial charge in [-0.1, -0.05) is 19.1 Å². The number of ether oxygens (including phenoxy) is 2. The van der Waals surface area contributed by atoms with E-state index in [1.807, 2.05) is 32.0 Å². The van der Waals surface area contributed by atoms with Gasteiger partial charge in [0.15, 0.2) is 0 Å². The predicted octanol–water partition coefficient (Wildman–Crippen LogP) is 2.14. The molecule has 0 spiro atoms. The molecule has 0 aliphatic carbocycles. The van der Waals surface area contributed by atoms with Crippen LogP contribution in [0.2, 0.25) is 0 Å². The number of fused-ring (bicyclic) bond motifs is 1. The van der Waals surface area contributed by atoms with Gasteiger partial charge in [0.2, 0.25) is 0 Å². The van der Waals surface area contributed by atoms with E-state index in [-0.39, 0.29) is 0 Å². The van der Waals surface area contributed by atoms with E-state index in [0.717, 1.165) is 12.0 Å². The SMILES string of the molecule is CCc1ccc2c(c1)OC(C)(C)CC2(N)C(=O)OC. The van der Waals surface area contributed by atoms with E-state index in [1.54, 1.807) is 0 Å². The molecule has 1 unspecified atom stereocenters. The molecule has 1 atom stereocenters. The highest BCUT2D eigenvalue weighted by Crippen LogP contribution is 2.43. The second-order valence-corrected chi connectivity index (χ2v) is 5.69. The van der Waals surface area contributed by atoms with Crippen molar-refractivity contribution in [1.82, 2.24) is 0 Å². The standard InChI is InChI=1S/C15H21NO3/c1-5-10-6-7-11-12(8-10)19-14(2,3)9-15(11,16)13(17)18-4/h6-8H,5,9,16H2,1-4H3. The second-order valence-electron chi connectivity index (χ2n) is 5.69. The van der Waals surface area contributed by atoms with Crippen LogP contribution >= 0.6 is 0 Å². The maximum atomic E-state index is 12.1. The fraction of sp³-hybridized carbons (Fsp3) is 0.533. The highest BCUT2D eigenvalue weighted by atomic mass is 16.5. The molecule has 2 N–H and O–H groups in total. The first kappa shape index (κ1) is 13.9. The van der Waals surface area contributed by atoms with E-state index in [1.165, 1.54) is 7.11 Å². The number of carbonyl (C=O) groups is 1. The van der Waals surface area contributed by atoms with E-state index in [4.69, 9.17) is 15.2 Å². The van der Waals surface area contributed by atoms with Crippen molar-refractivity contribution in [2.45, 2.75) is 44.8 Å². The molecule has 0 saturated heterocycles. The molecular formula is C15H21NO3. The summed E-state index contributed by atoms with van der Waals surface area (Å²) >= 11 is 0. The van der Waals surface area contributed by atoms with Gasteiger partial charge in [-0.15, -0.1) is 0 Å². The summed E-state index contributed by atoms with van der Waals surface area (Å²) < 4.78 is 10.8. The minimum Gasteiger partial charge on any atom is -0.487 e. The van der Waals surface area contributed by atoms with E-state index in [0.29, 0.717) is 17.7 Å². The van der Waals surface area contributed by atoms with Gasteiger partial charge in [-0.3, -0.25) is 0 Å². The van der Waals surface area contributed by atoms with E-state index in [9.17, 15) is 4.79 Å². The maximum absolute atomic E-state index is 12.1. The summed E-state index contributed by atoms with van der Waals surface area (Å²) in [5.41, 5.74) is 6.56. The minimum atomic E-state index is -1.14. The van der Waals surface area contributed by atoms with Crippen LogP contribution in [-0.4, -0.2) is 18.7 Å². The van der Waals surface area contributed by atoms with Crippen LogP contribution in [0.15, 0.2) is 18.2 Å². The van der Waals surface area contributed by atoms with Crippen LogP contribution in [0.25, 0.3) is 0 Å². The Morgan fingerprint density at radius 1 is 1.47 bits per heavy atom. The van der Waals surface area contributed by atoms with E-state index < -0.39 is 17.1 Å². The Morgan fingerprint density at radius 2 is 2.16 bits per heavy atom. The van der Waals surface area contributed by atoms with Crippen molar-refractivity contribution in [3.63, 3.8) is 0 Å². The van der Waals surface area contributed by atoms with Crippen molar-refractivity contribution in [2.75, 3.05) is 7.11 Å². The van der Waals surface area contributed by atoms with Crippen LogP contribution < -0.4 is 10.5 Å². The first-order valence-corrected chi connectivity index (χ1v) is 6.52. The van der Waals surface area contributed by atoms with E-state index >= 15 is 0 Å². The zero-order valence-corrected chi connectivity index (χ0v) is 11.9. The highest BCUT2D eigenvalue weighted by Gasteiger charge is 2.48. The third-order valence-corrected chi connectivity index (χ3v) is 3.58. The molecule has 104 valence electrons. The summed E-state index contributed by atoms with van der Waals surface area (Å²) in [6.07, 6.45) is 1.30. The summed E-state index contributed by atoms with van der Waals surface area (Å²) in [4.78, 5) is 12.1. The Labute approximate surface area is 113 Å². The van der Waals surface area contributed by atoms with Crippen LogP contribution in [0.5, 0.6) is 5.75 Å². The van der Waals surface area contributed by atoms with Gasteiger partial charge in [-0.25, -0.2) is 4.79 Å². The number of hydrogen-bond donors (Lipinski definition) is 1. The molecule has 0 aromatic heterocycles. The van der Waals surface area contributed by atoms with Crippen LogP contribution in [0.4, 0.5) is 0 Å². The summed E-state index contributed by atoms with van der Waals surface area (Å²) in [5.74, 6) is 0.262. The van der Waals surface area contributed by atoms with Crippen LogP contribution in [0.3, 0.4) is 0 Å². The first-order chi connectivity index (χ1) is 8.82. The van der Waals surface area contributed by atoms with Gasteiger partial charge in [0, 0.05) is 12.0 Å². The normalized spacial score (nSPS) is 24.3. The van der Waals surface area contributed by atoms with Crippen molar-refractivity contribution < 1.29 is 14.3 Å². The number of carbonyl (C=O) groups excluding carboxylic acids is 1. The lowest BCUT2D eigenvalue weighted by atomic mass is 9.78. The molecule has 19 heavy (non-hydrogen) atoms. The first-order valence-electron chi connectivity index (χ1n) is 6.52. The summed E-state index contributed by atoms with van der Waals surface area (Å²) in [6, 6.07) is 5.81. The van der Waals surface area contributed by atoms with Crippen molar-refractivity contribution in [1.29, 1.82) is 0 Å². The molecule has 0 radical (unpaired) electrons.